The molecule has 0 radical (unpaired) electrons. The van der Waals surface area contributed by atoms with Gasteiger partial charge in [0, 0.05) is 6.54 Å². The van der Waals surface area contributed by atoms with Gasteiger partial charge in [0.2, 0.25) is 0 Å². The Morgan fingerprint density at radius 1 is 1.18 bits per heavy atom. The maximum atomic E-state index is 12.4. The number of aryl methyl sites for hydroxylation is 1. The summed E-state index contributed by atoms with van der Waals surface area (Å²) in [5.41, 5.74) is 1.09. The number of nitrogens with one attached hydrogen (secondary N) is 1. The van der Waals surface area contributed by atoms with Crippen LogP contribution >= 0.6 is 0 Å². The van der Waals surface area contributed by atoms with Crippen molar-refractivity contribution in [2.75, 3.05) is 13.1 Å². The fourth-order valence-electron chi connectivity index (χ4n) is 2.17. The lowest BCUT2D eigenvalue weighted by molar-refractivity contribution is 0.567. The Labute approximate surface area is 103 Å². The molecule has 1 fully saturated rings. The van der Waals surface area contributed by atoms with Gasteiger partial charge in [0.05, 0.1) is 10.1 Å². The summed E-state index contributed by atoms with van der Waals surface area (Å²) in [7, 11) is -3.16. The van der Waals surface area contributed by atoms with Crippen LogP contribution in [0.5, 0.6) is 0 Å². The lowest BCUT2D eigenvalue weighted by Crippen LogP contribution is -2.31. The van der Waals surface area contributed by atoms with Crippen molar-refractivity contribution in [3.05, 3.63) is 29.8 Å². The minimum Gasteiger partial charge on any atom is -0.315 e. The Kier molecular flexibility index (Phi) is 3.84. The molecule has 1 aromatic carbocycles. The van der Waals surface area contributed by atoms with Crippen molar-refractivity contribution in [3.63, 3.8) is 0 Å². The number of hydrogen-bond acceptors (Lipinski definition) is 3. The van der Waals surface area contributed by atoms with Crippen LogP contribution in [-0.2, 0) is 9.84 Å². The molecule has 1 atom stereocenters. The molecule has 0 amide bonds. The van der Waals surface area contributed by atoms with E-state index in [0.29, 0.717) is 11.4 Å². The Bertz CT molecular complexity index is 457. The van der Waals surface area contributed by atoms with Crippen LogP contribution in [0.2, 0.25) is 0 Å². The van der Waals surface area contributed by atoms with E-state index in [1.54, 1.807) is 12.1 Å². The van der Waals surface area contributed by atoms with E-state index >= 15 is 0 Å². The first kappa shape index (κ1) is 12.6. The molecule has 1 aliphatic heterocycles. The monoisotopic (exact) mass is 253 g/mol. The van der Waals surface area contributed by atoms with Crippen molar-refractivity contribution in [2.24, 2.45) is 0 Å². The van der Waals surface area contributed by atoms with Crippen molar-refractivity contribution >= 4 is 9.84 Å². The van der Waals surface area contributed by atoms with Crippen LogP contribution in [0.25, 0.3) is 0 Å². The molecule has 1 heterocycles. The Balaban J connectivity index is 2.25. The van der Waals surface area contributed by atoms with Crippen LogP contribution < -0.4 is 5.32 Å². The van der Waals surface area contributed by atoms with Crippen molar-refractivity contribution < 1.29 is 8.42 Å². The normalized spacial score (nSPS) is 22.1. The lowest BCUT2D eigenvalue weighted by Gasteiger charge is -2.15. The summed E-state index contributed by atoms with van der Waals surface area (Å²) >= 11 is 0. The highest BCUT2D eigenvalue weighted by molar-refractivity contribution is 7.92. The van der Waals surface area contributed by atoms with Gasteiger partial charge in [-0.15, -0.1) is 0 Å². The van der Waals surface area contributed by atoms with Crippen molar-refractivity contribution in [3.8, 4) is 0 Å². The molecule has 3 nitrogen and oxygen atoms in total. The third kappa shape index (κ3) is 2.87. The van der Waals surface area contributed by atoms with Crippen molar-refractivity contribution in [1.82, 2.24) is 5.32 Å². The van der Waals surface area contributed by atoms with Crippen LogP contribution in [-0.4, -0.2) is 26.8 Å². The van der Waals surface area contributed by atoms with Crippen LogP contribution in [0.1, 0.15) is 24.8 Å². The molecule has 0 saturated carbocycles. The first-order valence-electron chi connectivity index (χ1n) is 6.12. The van der Waals surface area contributed by atoms with E-state index in [0.717, 1.165) is 31.4 Å². The highest BCUT2D eigenvalue weighted by Gasteiger charge is 2.27. The van der Waals surface area contributed by atoms with Gasteiger partial charge in [-0.3, -0.25) is 0 Å². The van der Waals surface area contributed by atoms with Gasteiger partial charge in [-0.1, -0.05) is 24.1 Å². The molecule has 94 valence electrons. The maximum absolute atomic E-state index is 12.4. The fourth-order valence-corrected chi connectivity index (χ4v) is 3.89. The molecule has 1 N–H and O–H groups in total. The topological polar surface area (TPSA) is 46.2 Å². The Morgan fingerprint density at radius 3 is 2.59 bits per heavy atom. The summed E-state index contributed by atoms with van der Waals surface area (Å²) in [6, 6.07) is 7.15. The molecule has 0 bridgehead atoms. The molecule has 0 aliphatic carbocycles. The summed E-state index contributed by atoms with van der Waals surface area (Å²) in [6.45, 7) is 3.47. The van der Waals surface area contributed by atoms with E-state index in [-0.39, 0.29) is 5.25 Å². The lowest BCUT2D eigenvalue weighted by atomic mass is 10.2. The second-order valence-electron chi connectivity index (χ2n) is 4.68. The third-order valence-electron chi connectivity index (χ3n) is 3.29. The predicted molar refractivity (Wildman–Crippen MR) is 68.9 cm³/mol. The van der Waals surface area contributed by atoms with Gasteiger partial charge < -0.3 is 5.32 Å². The van der Waals surface area contributed by atoms with Crippen LogP contribution in [0.3, 0.4) is 0 Å². The second-order valence-corrected chi connectivity index (χ2v) is 6.91. The zero-order chi connectivity index (χ0) is 12.3. The number of hydrogen-bond donors (Lipinski definition) is 1. The first-order valence-corrected chi connectivity index (χ1v) is 7.66. The van der Waals surface area contributed by atoms with E-state index < -0.39 is 9.84 Å². The van der Waals surface area contributed by atoms with E-state index in [2.05, 4.69) is 5.32 Å². The maximum Gasteiger partial charge on any atom is 0.182 e. The standard InChI is InChI=1S/C13H19NO2S/c1-11-5-7-12(8-6-11)17(15,16)13-4-2-3-9-14-10-13/h5-8,13-14H,2-4,9-10H2,1H3. The molecule has 4 heteroatoms. The minimum absolute atomic E-state index is 0.271. The summed E-state index contributed by atoms with van der Waals surface area (Å²) in [4.78, 5) is 0.455. The number of rotatable bonds is 2. The van der Waals surface area contributed by atoms with Crippen LogP contribution in [0.15, 0.2) is 29.2 Å². The summed E-state index contributed by atoms with van der Waals surface area (Å²) in [5.74, 6) is 0. The summed E-state index contributed by atoms with van der Waals surface area (Å²) in [6.07, 6.45) is 2.83. The highest BCUT2D eigenvalue weighted by Crippen LogP contribution is 2.21. The van der Waals surface area contributed by atoms with E-state index in [1.165, 1.54) is 0 Å². The number of benzene rings is 1. The van der Waals surface area contributed by atoms with Crippen molar-refractivity contribution in [1.29, 1.82) is 0 Å². The predicted octanol–water partition coefficient (Wildman–Crippen LogP) is 1.91. The molecule has 1 saturated heterocycles. The molecular weight excluding hydrogens is 234 g/mol. The zero-order valence-corrected chi connectivity index (χ0v) is 11.0. The van der Waals surface area contributed by atoms with Crippen LogP contribution in [0.4, 0.5) is 0 Å². The third-order valence-corrected chi connectivity index (χ3v) is 5.50. The molecule has 1 aromatic rings. The molecule has 0 aromatic heterocycles. The fraction of sp³-hybridized carbons (Fsp3) is 0.538. The van der Waals surface area contributed by atoms with Gasteiger partial charge in [0.1, 0.15) is 0 Å². The van der Waals surface area contributed by atoms with Gasteiger partial charge >= 0.3 is 0 Å². The van der Waals surface area contributed by atoms with Gasteiger partial charge in [0.25, 0.3) is 0 Å². The Hall–Kier alpha value is -0.870. The quantitative estimate of drug-likeness (QED) is 0.875. The largest absolute Gasteiger partial charge is 0.315 e. The van der Waals surface area contributed by atoms with Crippen molar-refractivity contribution in [2.45, 2.75) is 36.3 Å². The average molecular weight is 253 g/mol. The summed E-state index contributed by atoms with van der Waals surface area (Å²) < 4.78 is 24.8. The first-order chi connectivity index (χ1) is 8.10. The summed E-state index contributed by atoms with van der Waals surface area (Å²) in [5, 5.41) is 2.93. The van der Waals surface area contributed by atoms with E-state index in [1.807, 2.05) is 19.1 Å². The molecule has 1 unspecified atom stereocenters. The molecule has 1 aliphatic rings. The highest BCUT2D eigenvalue weighted by atomic mass is 32.2. The number of sulfone groups is 1. The minimum atomic E-state index is -3.16. The Morgan fingerprint density at radius 2 is 1.88 bits per heavy atom. The second kappa shape index (κ2) is 5.19. The van der Waals surface area contributed by atoms with Gasteiger partial charge in [-0.05, 0) is 38.4 Å². The van der Waals surface area contributed by atoms with Crippen LogP contribution in [0, 0.1) is 6.92 Å². The smallest absolute Gasteiger partial charge is 0.182 e. The molecule has 0 spiro atoms. The average Bonchev–Trinajstić information content (AvgIpc) is 2.58. The molecule has 17 heavy (non-hydrogen) atoms. The van der Waals surface area contributed by atoms with Gasteiger partial charge in [-0.2, -0.15) is 0 Å². The molecule has 2 rings (SSSR count). The van der Waals surface area contributed by atoms with Gasteiger partial charge in [0.15, 0.2) is 9.84 Å². The molecular formula is C13H19NO2S. The zero-order valence-electron chi connectivity index (χ0n) is 10.1. The van der Waals surface area contributed by atoms with E-state index in [9.17, 15) is 8.42 Å². The van der Waals surface area contributed by atoms with Gasteiger partial charge in [-0.25, -0.2) is 8.42 Å². The van der Waals surface area contributed by atoms with E-state index in [4.69, 9.17) is 0 Å². The SMILES string of the molecule is Cc1ccc(S(=O)(=O)C2CCCCNC2)cc1.